The van der Waals surface area contributed by atoms with Crippen LogP contribution in [0.25, 0.3) is 0 Å². The fourth-order valence-electron chi connectivity index (χ4n) is 0.189. The van der Waals surface area contributed by atoms with E-state index in [-0.39, 0.29) is 44.0 Å². The Morgan fingerprint density at radius 2 is 1.00 bits per heavy atom. The minimum atomic E-state index is -0.286. The van der Waals surface area contributed by atoms with Crippen LogP contribution >= 0.6 is 18.1 Å². The number of hydrogen-bond donors (Lipinski definition) is 0. The second-order valence-corrected chi connectivity index (χ2v) is 11.3. The Hall–Kier alpha value is 2.07. The molecule has 0 aromatic rings. The molecule has 0 aliphatic carbocycles. The van der Waals surface area contributed by atoms with E-state index in [1.807, 2.05) is 0 Å². The van der Waals surface area contributed by atoms with Crippen LogP contribution in [-0.2, 0) is 0 Å². The van der Waals surface area contributed by atoms with Crippen LogP contribution < -0.4 is 0 Å². The Morgan fingerprint density at radius 1 is 0.800 bits per heavy atom. The summed E-state index contributed by atoms with van der Waals surface area (Å²) >= 11 is -0.572. The van der Waals surface area contributed by atoms with E-state index in [4.69, 9.17) is 18.1 Å². The Kier molecular flexibility index (Phi) is 16.6. The van der Waals surface area contributed by atoms with Crippen molar-refractivity contribution >= 4 is 56.7 Å². The summed E-state index contributed by atoms with van der Waals surface area (Å²) in [5.74, 6) is 0. The summed E-state index contributed by atoms with van der Waals surface area (Å²) in [5, 5.41) is 0. The predicted molar refractivity (Wildman–Crippen MR) is 75.5 cm³/mol. The zero-order valence-electron chi connectivity index (χ0n) is 11.1. The molecule has 0 fully saturated rings. The third kappa shape index (κ3) is 16.1. The molecule has 5 heteroatoms. The van der Waals surface area contributed by atoms with Gasteiger partial charge in [-0.3, -0.25) is 0 Å². The molecule has 0 saturated carbocycles. The van der Waals surface area contributed by atoms with Crippen LogP contribution in [0, 0.1) is 0 Å². The lowest BCUT2D eigenvalue weighted by Gasteiger charge is -2.16. The topological polar surface area (TPSA) is 31.5 Å². The second kappa shape index (κ2) is 11.2. The van der Waals surface area contributed by atoms with Gasteiger partial charge in [0.05, 0.1) is 0 Å². The summed E-state index contributed by atoms with van der Waals surface area (Å²) in [6.07, 6.45) is 2.45. The molecule has 15 heavy (non-hydrogen) atoms. The molecule has 0 heterocycles. The fourth-order valence-corrected chi connectivity index (χ4v) is 1.70. The van der Waals surface area contributed by atoms with Crippen molar-refractivity contribution in [3.8, 4) is 0 Å². The molecule has 0 saturated heterocycles. The van der Waals surface area contributed by atoms with Crippen LogP contribution in [0.5, 0.6) is 0 Å². The number of halogens is 2. The SMILES string of the molecule is CC[C](C)(C)[Mg][Cl].CC[C](C)(C)[Mg][Cl].O. The summed E-state index contributed by atoms with van der Waals surface area (Å²) < 4.78 is 0.975. The van der Waals surface area contributed by atoms with Gasteiger partial charge in [-0.15, -0.1) is 7.09 Å². The third-order valence-electron chi connectivity index (χ3n) is 2.64. The highest BCUT2D eigenvalue weighted by molar-refractivity contribution is 6.95. The van der Waals surface area contributed by atoms with Crippen molar-refractivity contribution in [2.75, 3.05) is 0 Å². The van der Waals surface area contributed by atoms with Crippen LogP contribution in [0.2, 0.25) is 7.09 Å². The first-order chi connectivity index (χ1) is 6.24. The summed E-state index contributed by atoms with van der Waals surface area (Å²) in [5.41, 5.74) is 0. The van der Waals surface area contributed by atoms with E-state index in [0.717, 1.165) is 0 Å². The van der Waals surface area contributed by atoms with Gasteiger partial charge in [0, 0.05) is 0 Å². The summed E-state index contributed by atoms with van der Waals surface area (Å²) in [6.45, 7) is 13.3. The van der Waals surface area contributed by atoms with E-state index in [1.165, 1.54) is 12.8 Å². The molecule has 1 nitrogen and oxygen atoms in total. The van der Waals surface area contributed by atoms with Crippen molar-refractivity contribution < 1.29 is 5.48 Å². The molecule has 88 valence electrons. The van der Waals surface area contributed by atoms with Gasteiger partial charge in [0.15, 0.2) is 0 Å². The van der Waals surface area contributed by atoms with Crippen LogP contribution in [0.15, 0.2) is 0 Å². The molecule has 0 unspecified atom stereocenters. The fraction of sp³-hybridized carbons (Fsp3) is 1.00. The molecule has 0 aromatic carbocycles. The summed E-state index contributed by atoms with van der Waals surface area (Å²) in [4.78, 5) is 0. The van der Waals surface area contributed by atoms with E-state index in [0.29, 0.717) is 7.09 Å². The Labute approximate surface area is 122 Å². The largest absolute Gasteiger partial charge is 0.507 e. The normalized spacial score (nSPS) is 10.1. The van der Waals surface area contributed by atoms with E-state index in [2.05, 4.69) is 41.5 Å². The summed E-state index contributed by atoms with van der Waals surface area (Å²) in [7, 11) is 11.5. The van der Waals surface area contributed by atoms with Crippen molar-refractivity contribution in [3.05, 3.63) is 0 Å². The molecule has 0 atom stereocenters. The standard InChI is InChI=1S/2C5H11.2ClH.2Mg.H2O/c2*1-4-5(2)3;;;;;/h2*4H2,1-3H3;2*1H;;;1H2/q;;;;2*+1;/p-2. The first-order valence-corrected chi connectivity index (χ1v) is 11.1. The molecular formula is C10H24Cl2Mg2O. The van der Waals surface area contributed by atoms with Gasteiger partial charge in [0.1, 0.15) is 0 Å². The minimum Gasteiger partial charge on any atom is -0.412 e. The number of rotatable bonds is 4. The van der Waals surface area contributed by atoms with E-state index in [9.17, 15) is 0 Å². The zero-order chi connectivity index (χ0) is 11.8. The average Bonchev–Trinajstić information content (AvgIpc) is 2.19. The van der Waals surface area contributed by atoms with Crippen molar-refractivity contribution in [1.29, 1.82) is 0 Å². The van der Waals surface area contributed by atoms with Crippen LogP contribution in [0.4, 0.5) is 0 Å². The molecule has 0 amide bonds. The van der Waals surface area contributed by atoms with Crippen LogP contribution in [0.1, 0.15) is 54.4 Å². The maximum atomic E-state index is 5.73. The number of hydrogen-bond acceptors (Lipinski definition) is 0. The maximum Gasteiger partial charge on any atom is 0.507 e. The van der Waals surface area contributed by atoms with Gasteiger partial charge in [0.2, 0.25) is 0 Å². The molecule has 0 aliphatic heterocycles. The highest BCUT2D eigenvalue weighted by Crippen LogP contribution is 2.27. The first kappa shape index (κ1) is 22.3. The molecule has 0 spiro atoms. The zero-order valence-corrected chi connectivity index (χ0v) is 15.4. The van der Waals surface area contributed by atoms with Crippen LogP contribution in [-0.4, -0.2) is 44.0 Å². The van der Waals surface area contributed by atoms with Gasteiger partial charge in [-0.25, -0.2) is 0 Å². The molecule has 0 aromatic heterocycles. The molecule has 0 rings (SSSR count). The minimum absolute atomic E-state index is 0. The van der Waals surface area contributed by atoms with Crippen molar-refractivity contribution in [2.45, 2.75) is 61.5 Å². The van der Waals surface area contributed by atoms with Gasteiger partial charge in [-0.1, -0.05) is 54.4 Å². The molecule has 2 N–H and O–H groups in total. The van der Waals surface area contributed by atoms with Gasteiger partial charge < -0.3 is 23.6 Å². The van der Waals surface area contributed by atoms with Crippen molar-refractivity contribution in [2.24, 2.45) is 0 Å². The van der Waals surface area contributed by atoms with E-state index >= 15 is 0 Å². The quantitative estimate of drug-likeness (QED) is 0.695. The van der Waals surface area contributed by atoms with Gasteiger partial charge in [-0.05, 0) is 0 Å². The molecule has 0 radical (unpaired) electrons. The molecule has 0 aliphatic rings. The van der Waals surface area contributed by atoms with Crippen molar-refractivity contribution in [3.63, 3.8) is 0 Å². The maximum absolute atomic E-state index is 5.73. The highest BCUT2D eigenvalue weighted by Gasteiger charge is 2.16. The van der Waals surface area contributed by atoms with Crippen molar-refractivity contribution in [1.82, 2.24) is 0 Å². The van der Waals surface area contributed by atoms with Crippen LogP contribution in [0.3, 0.4) is 0 Å². The lowest BCUT2D eigenvalue weighted by Crippen LogP contribution is -2.04. The van der Waals surface area contributed by atoms with Gasteiger partial charge in [0.25, 0.3) is 0 Å². The van der Waals surface area contributed by atoms with Gasteiger partial charge >= 0.3 is 38.5 Å². The Bertz CT molecular complexity index is 113. The Balaban J connectivity index is -0.000000180. The first-order valence-electron chi connectivity index (χ1n) is 5.36. The van der Waals surface area contributed by atoms with E-state index < -0.39 is 0 Å². The van der Waals surface area contributed by atoms with Gasteiger partial charge in [-0.2, -0.15) is 0 Å². The molecular weight excluding hydrogens is 256 g/mol. The second-order valence-electron chi connectivity index (χ2n) is 5.30. The lowest BCUT2D eigenvalue weighted by atomic mass is 10.1. The Morgan fingerprint density at radius 3 is 1.00 bits per heavy atom. The predicted octanol–water partition coefficient (Wildman–Crippen LogP) is 4.08. The lowest BCUT2D eigenvalue weighted by molar-refractivity contribution is 0.650. The van der Waals surface area contributed by atoms with E-state index in [1.54, 1.807) is 0 Å². The smallest absolute Gasteiger partial charge is 0.412 e. The monoisotopic (exact) mass is 278 g/mol. The summed E-state index contributed by atoms with van der Waals surface area (Å²) in [6, 6.07) is 0. The highest BCUT2D eigenvalue weighted by atomic mass is 35.5. The average molecular weight is 280 g/mol. The third-order valence-corrected chi connectivity index (χ3v) is 9.43. The molecule has 0 bridgehead atoms.